The number of amides is 4. The zero-order chi connectivity index (χ0) is 28.6. The number of methoxy groups -OCH3 is 2. The van der Waals surface area contributed by atoms with Crippen LogP contribution in [0, 0.1) is 17.6 Å². The number of nitrogens with one attached hydrogen (secondary N) is 2. The van der Waals surface area contributed by atoms with E-state index in [4.69, 9.17) is 9.47 Å². The predicted molar refractivity (Wildman–Crippen MR) is 140 cm³/mol. The van der Waals surface area contributed by atoms with Crippen molar-refractivity contribution in [1.29, 1.82) is 0 Å². The molecule has 40 heavy (non-hydrogen) atoms. The van der Waals surface area contributed by atoms with Crippen LogP contribution in [0.2, 0.25) is 0 Å². The molecule has 0 spiro atoms. The molecule has 1 aromatic carbocycles. The van der Waals surface area contributed by atoms with Crippen molar-refractivity contribution < 1.29 is 32.6 Å². The molecule has 4 amide bonds. The Hall–Kier alpha value is -4.04. The normalized spacial score (nSPS) is 19.6. The third-order valence-electron chi connectivity index (χ3n) is 6.84. The summed E-state index contributed by atoms with van der Waals surface area (Å²) in [7, 11) is 2.48. The highest BCUT2D eigenvalue weighted by atomic mass is 19.2. The average Bonchev–Trinajstić information content (AvgIpc) is 2.97. The number of aromatic nitrogens is 2. The van der Waals surface area contributed by atoms with Crippen molar-refractivity contribution in [3.8, 4) is 0 Å². The molecule has 4 rings (SSSR count). The molecule has 1 saturated heterocycles. The van der Waals surface area contributed by atoms with Crippen LogP contribution in [0.1, 0.15) is 24.4 Å². The first kappa shape index (κ1) is 29.0. The number of anilines is 1. The molecule has 2 atom stereocenters. The van der Waals surface area contributed by atoms with E-state index in [1.165, 1.54) is 13.2 Å². The number of rotatable bonds is 9. The van der Waals surface area contributed by atoms with Crippen LogP contribution in [0.3, 0.4) is 0 Å². The first-order valence-electron chi connectivity index (χ1n) is 12.8. The number of ether oxygens (including phenoxy) is 2. The van der Waals surface area contributed by atoms with E-state index in [1.807, 2.05) is 4.90 Å². The third kappa shape index (κ3) is 6.39. The van der Waals surface area contributed by atoms with Gasteiger partial charge in [0.2, 0.25) is 5.95 Å². The topological polar surface area (TPSA) is 138 Å². The Morgan fingerprint density at radius 1 is 1.15 bits per heavy atom. The fourth-order valence-electron chi connectivity index (χ4n) is 4.98. The second kappa shape index (κ2) is 13.3. The molecule has 1 fully saturated rings. The van der Waals surface area contributed by atoms with Gasteiger partial charge in [0.15, 0.2) is 11.6 Å². The number of urea groups is 2. The molecule has 0 aliphatic carbocycles. The van der Waals surface area contributed by atoms with E-state index in [9.17, 15) is 23.2 Å². The van der Waals surface area contributed by atoms with E-state index in [2.05, 4.69) is 25.6 Å². The molecule has 2 aliphatic rings. The van der Waals surface area contributed by atoms with Crippen LogP contribution >= 0.6 is 0 Å². The Morgan fingerprint density at radius 2 is 1.88 bits per heavy atom. The van der Waals surface area contributed by atoms with Gasteiger partial charge in [0, 0.05) is 38.6 Å². The molecule has 2 aliphatic heterocycles. The van der Waals surface area contributed by atoms with E-state index in [1.54, 1.807) is 18.5 Å². The Morgan fingerprint density at radius 3 is 2.52 bits per heavy atom. The quantitative estimate of drug-likeness (QED) is 0.442. The van der Waals surface area contributed by atoms with Crippen molar-refractivity contribution in [2.75, 3.05) is 51.9 Å². The molecule has 0 radical (unpaired) electrons. The maximum Gasteiger partial charge on any atom is 0.352 e. The van der Waals surface area contributed by atoms with Gasteiger partial charge in [-0.15, -0.1) is 0 Å². The highest BCUT2D eigenvalue weighted by molar-refractivity contribution is 6.12. The van der Waals surface area contributed by atoms with Crippen LogP contribution in [0.5, 0.6) is 0 Å². The van der Waals surface area contributed by atoms with Gasteiger partial charge in [0.25, 0.3) is 0 Å². The van der Waals surface area contributed by atoms with Crippen LogP contribution in [-0.2, 0) is 14.3 Å². The lowest BCUT2D eigenvalue weighted by molar-refractivity contribution is -0.144. The Balaban J connectivity index is 1.60. The number of benzene rings is 1. The molecule has 14 heteroatoms. The van der Waals surface area contributed by atoms with Crippen molar-refractivity contribution in [2.24, 2.45) is 10.9 Å². The lowest BCUT2D eigenvalue weighted by Crippen LogP contribution is -2.55. The summed E-state index contributed by atoms with van der Waals surface area (Å²) in [5, 5.41) is 6.02. The van der Waals surface area contributed by atoms with Crippen molar-refractivity contribution in [2.45, 2.75) is 24.9 Å². The molecular formula is C26H31F2N7O5. The van der Waals surface area contributed by atoms with Crippen LogP contribution in [0.4, 0.5) is 24.3 Å². The highest BCUT2D eigenvalue weighted by Gasteiger charge is 2.47. The summed E-state index contributed by atoms with van der Waals surface area (Å²) < 4.78 is 38.1. The number of aliphatic imine (C=N–C) groups is 1. The molecular weight excluding hydrogens is 528 g/mol. The molecule has 0 bridgehead atoms. The molecule has 1 aromatic heterocycles. The second-order valence-corrected chi connectivity index (χ2v) is 9.26. The largest absolute Gasteiger partial charge is 0.468 e. The summed E-state index contributed by atoms with van der Waals surface area (Å²) in [6, 6.07) is 1.53. The Bertz CT molecular complexity index is 1240. The number of imide groups is 1. The van der Waals surface area contributed by atoms with E-state index >= 15 is 0 Å². The van der Waals surface area contributed by atoms with Crippen molar-refractivity contribution in [3.63, 3.8) is 0 Å². The summed E-state index contributed by atoms with van der Waals surface area (Å²) in [4.78, 5) is 54.8. The highest BCUT2D eigenvalue weighted by Crippen LogP contribution is 2.36. The number of hydrogen-bond donors (Lipinski definition) is 2. The molecule has 0 saturated carbocycles. The van der Waals surface area contributed by atoms with Crippen LogP contribution in [0.15, 0.2) is 41.7 Å². The number of esters is 1. The van der Waals surface area contributed by atoms with Crippen molar-refractivity contribution in [3.05, 3.63) is 53.9 Å². The summed E-state index contributed by atoms with van der Waals surface area (Å²) in [5.74, 6) is -3.94. The zero-order valence-corrected chi connectivity index (χ0v) is 22.2. The van der Waals surface area contributed by atoms with Gasteiger partial charge in [-0.3, -0.25) is 4.79 Å². The summed E-state index contributed by atoms with van der Waals surface area (Å²) >= 11 is 0. The summed E-state index contributed by atoms with van der Waals surface area (Å²) in [5.41, 5.74) is 0.00626. The summed E-state index contributed by atoms with van der Waals surface area (Å²) in [6.45, 7) is 1.86. The lowest BCUT2D eigenvalue weighted by Gasteiger charge is -2.38. The molecule has 2 N–H and O–H groups in total. The lowest BCUT2D eigenvalue weighted by atomic mass is 9.86. The van der Waals surface area contributed by atoms with Gasteiger partial charge in [-0.2, -0.15) is 4.99 Å². The van der Waals surface area contributed by atoms with Crippen molar-refractivity contribution in [1.82, 2.24) is 25.5 Å². The Labute approximate surface area is 229 Å². The van der Waals surface area contributed by atoms with Gasteiger partial charge < -0.3 is 25.0 Å². The van der Waals surface area contributed by atoms with Crippen LogP contribution in [0.25, 0.3) is 0 Å². The number of piperidine rings is 1. The number of nitrogens with zero attached hydrogens (tertiary/aromatic N) is 5. The number of carbonyl (C=O) groups excluding carboxylic acids is 3. The number of carbonyl (C=O) groups is 3. The van der Waals surface area contributed by atoms with E-state index in [-0.39, 0.29) is 30.5 Å². The minimum atomic E-state index is -1.37. The monoisotopic (exact) mass is 559 g/mol. The second-order valence-electron chi connectivity index (χ2n) is 9.26. The molecule has 214 valence electrons. The SMILES string of the molecule is COCC1=NC(=O)N(C(=O)NCCN(c2ncccn2)C2CCNCC2)[C@@H](c2ccc(F)c(F)c2)C1C(=O)OC. The van der Waals surface area contributed by atoms with Crippen LogP contribution in [-0.4, -0.2) is 91.7 Å². The minimum Gasteiger partial charge on any atom is -0.468 e. The fourth-order valence-corrected chi connectivity index (χ4v) is 4.98. The molecule has 3 heterocycles. The van der Waals surface area contributed by atoms with Gasteiger partial charge >= 0.3 is 18.0 Å². The van der Waals surface area contributed by atoms with Gasteiger partial charge in [-0.05, 0) is 49.7 Å². The first-order valence-corrected chi connectivity index (χ1v) is 12.8. The van der Waals surface area contributed by atoms with Crippen LogP contribution < -0.4 is 15.5 Å². The van der Waals surface area contributed by atoms with E-state index in [0.717, 1.165) is 50.1 Å². The Kier molecular flexibility index (Phi) is 9.66. The van der Waals surface area contributed by atoms with E-state index in [0.29, 0.717) is 12.5 Å². The maximum atomic E-state index is 14.3. The third-order valence-corrected chi connectivity index (χ3v) is 6.84. The zero-order valence-electron chi connectivity index (χ0n) is 22.2. The fraction of sp³-hybridized carbons (Fsp3) is 0.462. The molecule has 1 unspecified atom stereocenters. The minimum absolute atomic E-state index is 0.00329. The van der Waals surface area contributed by atoms with E-state index < -0.39 is 41.6 Å². The summed E-state index contributed by atoms with van der Waals surface area (Å²) in [6.07, 6.45) is 4.98. The smallest absolute Gasteiger partial charge is 0.352 e. The standard InChI is InChI=1S/C26H31F2N7O5/c1-39-15-20-21(23(36)40-2)22(16-4-5-18(27)19(28)14-16)35(26(38)33-20)25(37)32-12-13-34(17-6-10-29-11-7-17)24-30-8-3-9-31-24/h3-5,8-9,14,17,21-22,29H,6-7,10-13,15H2,1-2H3,(H,32,37)/t21?,22-/m0/s1. The number of hydrogen-bond acceptors (Lipinski definition) is 9. The predicted octanol–water partition coefficient (Wildman–Crippen LogP) is 2.08. The average molecular weight is 560 g/mol. The number of halogens is 2. The maximum absolute atomic E-state index is 14.3. The van der Waals surface area contributed by atoms with Crippen molar-refractivity contribution >= 4 is 29.7 Å². The molecule has 2 aromatic rings. The van der Waals surface area contributed by atoms with Gasteiger partial charge in [0.1, 0.15) is 5.92 Å². The van der Waals surface area contributed by atoms with Gasteiger partial charge in [-0.1, -0.05) is 6.07 Å². The van der Waals surface area contributed by atoms with Gasteiger partial charge in [0.05, 0.1) is 25.5 Å². The first-order chi connectivity index (χ1) is 19.3. The molecule has 12 nitrogen and oxygen atoms in total. The van der Waals surface area contributed by atoms with Gasteiger partial charge in [-0.25, -0.2) is 33.2 Å².